The molecule has 126 valence electrons. The second-order valence-corrected chi connectivity index (χ2v) is 8.38. The third-order valence-corrected chi connectivity index (χ3v) is 5.78. The van der Waals surface area contributed by atoms with Crippen molar-refractivity contribution in [3.05, 3.63) is 11.7 Å². The van der Waals surface area contributed by atoms with E-state index in [1.54, 1.807) is 0 Å². The van der Waals surface area contributed by atoms with E-state index < -0.39 is 0 Å². The number of thioether (sulfide) groups is 2. The fourth-order valence-corrected chi connectivity index (χ4v) is 4.13. The van der Waals surface area contributed by atoms with Gasteiger partial charge in [0, 0.05) is 12.5 Å². The smallest absolute Gasteiger partial charge is 0.237 e. The highest BCUT2D eigenvalue weighted by Gasteiger charge is 2.12. The Morgan fingerprint density at radius 1 is 1.30 bits per heavy atom. The van der Waals surface area contributed by atoms with Crippen molar-refractivity contribution < 1.29 is 9.32 Å². The predicted octanol–water partition coefficient (Wildman–Crippen LogP) is 2.96. The van der Waals surface area contributed by atoms with E-state index in [2.05, 4.69) is 25.7 Å². The van der Waals surface area contributed by atoms with Gasteiger partial charge in [0.05, 0.1) is 11.5 Å². The molecule has 1 amide bonds. The van der Waals surface area contributed by atoms with Gasteiger partial charge in [0.2, 0.25) is 11.8 Å². The summed E-state index contributed by atoms with van der Waals surface area (Å²) in [5, 5.41) is 14.9. The molecule has 10 heteroatoms. The summed E-state index contributed by atoms with van der Waals surface area (Å²) in [5.74, 6) is 2.50. The van der Waals surface area contributed by atoms with Crippen LogP contribution in [0.3, 0.4) is 0 Å². The lowest BCUT2D eigenvalue weighted by molar-refractivity contribution is -0.118. The number of aromatic nitrogens is 4. The van der Waals surface area contributed by atoms with Gasteiger partial charge in [0.15, 0.2) is 14.5 Å². The van der Waals surface area contributed by atoms with Crippen LogP contribution in [-0.4, -0.2) is 38.5 Å². The molecule has 0 saturated carbocycles. The molecule has 0 saturated heterocycles. The van der Waals surface area contributed by atoms with Crippen LogP contribution in [0.15, 0.2) is 13.2 Å². The molecule has 0 atom stereocenters. The lowest BCUT2D eigenvalue weighted by Gasteiger charge is -2.00. The number of nitrogens with one attached hydrogen (secondary N) is 1. The molecule has 2 heterocycles. The molecule has 2 aromatic heterocycles. The van der Waals surface area contributed by atoms with Crippen LogP contribution in [0.1, 0.15) is 44.8 Å². The van der Waals surface area contributed by atoms with Gasteiger partial charge in [-0.3, -0.25) is 4.79 Å². The van der Waals surface area contributed by atoms with Crippen molar-refractivity contribution in [1.29, 1.82) is 0 Å². The van der Waals surface area contributed by atoms with Crippen LogP contribution in [-0.2, 0) is 10.5 Å². The van der Waals surface area contributed by atoms with E-state index in [0.29, 0.717) is 29.8 Å². The first-order valence-corrected chi connectivity index (χ1v) is 10.1. The van der Waals surface area contributed by atoms with Gasteiger partial charge in [-0.25, -0.2) is 0 Å². The average Bonchev–Trinajstić information content (AvgIpc) is 3.18. The molecule has 2 rings (SSSR count). The summed E-state index contributed by atoms with van der Waals surface area (Å²) in [4.78, 5) is 15.9. The number of carbonyl (C=O) groups excluding carboxylic acids is 1. The minimum Gasteiger partial charge on any atom is -0.355 e. The van der Waals surface area contributed by atoms with Crippen LogP contribution in [0.4, 0.5) is 0 Å². The van der Waals surface area contributed by atoms with Gasteiger partial charge in [0.25, 0.3) is 0 Å². The average molecular weight is 374 g/mol. The molecule has 0 aliphatic heterocycles. The molecular weight excluding hydrogens is 354 g/mol. The minimum absolute atomic E-state index is 0.0216. The van der Waals surface area contributed by atoms with Crippen molar-refractivity contribution in [3.63, 3.8) is 0 Å². The number of amides is 1. The van der Waals surface area contributed by atoms with E-state index in [1.807, 2.05) is 20.8 Å². The highest BCUT2D eigenvalue weighted by atomic mass is 32.2. The highest BCUT2D eigenvalue weighted by Crippen LogP contribution is 2.30. The second kappa shape index (κ2) is 9.24. The zero-order valence-electron chi connectivity index (χ0n) is 13.2. The SMILES string of the molecule is CCCNC(=O)CSc1nnc(SCc2nc(C(C)C)no2)s1. The molecule has 0 aliphatic rings. The molecule has 0 bridgehead atoms. The maximum absolute atomic E-state index is 11.5. The van der Waals surface area contributed by atoms with Gasteiger partial charge in [-0.2, -0.15) is 4.98 Å². The third kappa shape index (κ3) is 6.11. The van der Waals surface area contributed by atoms with Gasteiger partial charge in [-0.05, 0) is 6.42 Å². The van der Waals surface area contributed by atoms with Gasteiger partial charge in [-0.1, -0.05) is 60.8 Å². The second-order valence-electron chi connectivity index (χ2n) is 4.96. The van der Waals surface area contributed by atoms with Gasteiger partial charge < -0.3 is 9.84 Å². The molecule has 0 fully saturated rings. The van der Waals surface area contributed by atoms with Crippen molar-refractivity contribution in [3.8, 4) is 0 Å². The van der Waals surface area contributed by atoms with E-state index in [-0.39, 0.29) is 11.8 Å². The highest BCUT2D eigenvalue weighted by molar-refractivity contribution is 8.03. The monoisotopic (exact) mass is 373 g/mol. The van der Waals surface area contributed by atoms with Crippen LogP contribution in [0, 0.1) is 0 Å². The van der Waals surface area contributed by atoms with Crippen molar-refractivity contribution in [2.24, 2.45) is 0 Å². The van der Waals surface area contributed by atoms with Crippen molar-refractivity contribution in [2.45, 2.75) is 47.5 Å². The number of nitrogens with zero attached hydrogens (tertiary/aromatic N) is 4. The predicted molar refractivity (Wildman–Crippen MR) is 91.9 cm³/mol. The summed E-state index contributed by atoms with van der Waals surface area (Å²) in [7, 11) is 0. The number of rotatable bonds is 9. The molecule has 0 aromatic carbocycles. The summed E-state index contributed by atoms with van der Waals surface area (Å²) >= 11 is 4.36. The topological polar surface area (TPSA) is 93.8 Å². The standard InChI is InChI=1S/C13H19N5O2S3/c1-4-5-14-9(19)6-21-12-16-17-13(23-12)22-7-10-15-11(8(2)3)18-20-10/h8H,4-7H2,1-3H3,(H,14,19). The summed E-state index contributed by atoms with van der Waals surface area (Å²) in [6.07, 6.45) is 0.935. The Bertz CT molecular complexity index is 629. The molecule has 7 nitrogen and oxygen atoms in total. The Morgan fingerprint density at radius 2 is 2.04 bits per heavy atom. The van der Waals surface area contributed by atoms with E-state index in [4.69, 9.17) is 4.52 Å². The number of hydrogen-bond acceptors (Lipinski definition) is 9. The Kier molecular flexibility index (Phi) is 7.31. The largest absolute Gasteiger partial charge is 0.355 e. The van der Waals surface area contributed by atoms with E-state index in [1.165, 1.54) is 34.9 Å². The van der Waals surface area contributed by atoms with Gasteiger partial charge in [-0.15, -0.1) is 10.2 Å². The normalized spacial score (nSPS) is 11.1. The fraction of sp³-hybridized carbons (Fsp3) is 0.615. The first-order valence-electron chi connectivity index (χ1n) is 7.26. The maximum atomic E-state index is 11.5. The van der Waals surface area contributed by atoms with Crippen LogP contribution in [0.25, 0.3) is 0 Å². The van der Waals surface area contributed by atoms with Gasteiger partial charge in [0.1, 0.15) is 0 Å². The zero-order chi connectivity index (χ0) is 16.7. The first kappa shape index (κ1) is 18.2. The van der Waals surface area contributed by atoms with E-state index in [9.17, 15) is 4.79 Å². The van der Waals surface area contributed by atoms with Crippen LogP contribution >= 0.6 is 34.9 Å². The molecule has 2 aromatic rings. The summed E-state index contributed by atoms with van der Waals surface area (Å²) in [6.45, 7) is 6.77. The Hall–Kier alpha value is -1.13. The van der Waals surface area contributed by atoms with Crippen molar-refractivity contribution in [2.75, 3.05) is 12.3 Å². The number of carbonyl (C=O) groups is 1. The van der Waals surface area contributed by atoms with Gasteiger partial charge >= 0.3 is 0 Å². The molecule has 1 N–H and O–H groups in total. The summed E-state index contributed by atoms with van der Waals surface area (Å²) < 4.78 is 6.80. The lowest BCUT2D eigenvalue weighted by Crippen LogP contribution is -2.25. The summed E-state index contributed by atoms with van der Waals surface area (Å²) in [6, 6.07) is 0. The Labute approximate surface area is 147 Å². The zero-order valence-corrected chi connectivity index (χ0v) is 15.7. The van der Waals surface area contributed by atoms with Crippen molar-refractivity contribution >= 4 is 40.8 Å². The minimum atomic E-state index is 0.0216. The molecule has 0 radical (unpaired) electrons. The summed E-state index contributed by atoms with van der Waals surface area (Å²) in [5.41, 5.74) is 0. The van der Waals surface area contributed by atoms with Crippen LogP contribution in [0.2, 0.25) is 0 Å². The maximum Gasteiger partial charge on any atom is 0.237 e. The van der Waals surface area contributed by atoms with Crippen molar-refractivity contribution in [1.82, 2.24) is 25.7 Å². The Balaban J connectivity index is 1.76. The first-order chi connectivity index (χ1) is 11.1. The molecule has 0 unspecified atom stereocenters. The quantitative estimate of drug-likeness (QED) is 0.671. The van der Waals surface area contributed by atoms with E-state index in [0.717, 1.165) is 15.1 Å². The molecule has 0 aliphatic carbocycles. The third-order valence-electron chi connectivity index (χ3n) is 2.61. The fourth-order valence-electron chi connectivity index (χ4n) is 1.44. The lowest BCUT2D eigenvalue weighted by atomic mass is 10.2. The molecular formula is C13H19N5O2S3. The Morgan fingerprint density at radius 3 is 2.70 bits per heavy atom. The van der Waals surface area contributed by atoms with E-state index >= 15 is 0 Å². The van der Waals surface area contributed by atoms with Crippen LogP contribution < -0.4 is 5.32 Å². The number of hydrogen-bond donors (Lipinski definition) is 1. The molecule has 23 heavy (non-hydrogen) atoms. The molecule has 0 spiro atoms. The van der Waals surface area contributed by atoms with Crippen LogP contribution in [0.5, 0.6) is 0 Å².